The van der Waals surface area contributed by atoms with Crippen LogP contribution in [0.15, 0.2) is 39.3 Å². The molecule has 0 bridgehead atoms. The number of benzene rings is 2. The molecule has 0 spiro atoms. The Morgan fingerprint density at radius 1 is 1.00 bits per heavy atom. The lowest BCUT2D eigenvalue weighted by Gasteiger charge is -2.15. The van der Waals surface area contributed by atoms with Crippen LogP contribution in [0.2, 0.25) is 0 Å². The van der Waals surface area contributed by atoms with Crippen molar-refractivity contribution in [1.82, 2.24) is 0 Å². The topological polar surface area (TPSA) is 0 Å². The van der Waals surface area contributed by atoms with E-state index in [-0.39, 0.29) is 5.56 Å². The second-order valence-corrected chi connectivity index (χ2v) is 6.75. The Morgan fingerprint density at radius 2 is 1.68 bits per heavy atom. The molecule has 0 aliphatic carbocycles. The van der Waals surface area contributed by atoms with E-state index < -0.39 is 16.5 Å². The highest BCUT2D eigenvalue weighted by Gasteiger charge is 2.20. The molecule has 0 saturated carbocycles. The lowest BCUT2D eigenvalue weighted by molar-refractivity contribution is 0.500. The Hall–Kier alpha value is -0.260. The molecule has 0 amide bonds. The molecule has 2 rings (SSSR count). The molecule has 0 saturated heterocycles. The zero-order valence-electron chi connectivity index (χ0n) is 9.85. The highest BCUT2D eigenvalue weighted by atomic mass is 79.9. The zero-order valence-corrected chi connectivity index (χ0v) is 14.6. The summed E-state index contributed by atoms with van der Waals surface area (Å²) in [6.07, 6.45) is 0. The molecule has 5 heteroatoms. The van der Waals surface area contributed by atoms with Crippen LogP contribution < -0.4 is 0 Å². The van der Waals surface area contributed by atoms with Crippen LogP contribution in [0.3, 0.4) is 0 Å². The van der Waals surface area contributed by atoms with Crippen LogP contribution in [0.5, 0.6) is 0 Å². The second-order valence-electron chi connectivity index (χ2n) is 4.13. The first-order valence-electron chi connectivity index (χ1n) is 5.45. The Kier molecular flexibility index (Phi) is 4.79. The van der Waals surface area contributed by atoms with Gasteiger partial charge in [0.05, 0.1) is 4.83 Å². The monoisotopic (exact) mass is 452 g/mol. The SMILES string of the molecule is Cc1cc(Br)c(C(Br)c2cccc(F)c2F)cc1Br. The van der Waals surface area contributed by atoms with Gasteiger partial charge in [-0.05, 0) is 36.2 Å². The summed E-state index contributed by atoms with van der Waals surface area (Å²) in [6, 6.07) is 8.00. The Morgan fingerprint density at radius 3 is 2.37 bits per heavy atom. The van der Waals surface area contributed by atoms with Crippen LogP contribution >= 0.6 is 47.8 Å². The second kappa shape index (κ2) is 6.02. The van der Waals surface area contributed by atoms with E-state index >= 15 is 0 Å². The number of hydrogen-bond acceptors (Lipinski definition) is 0. The molecular formula is C14H9Br3F2. The van der Waals surface area contributed by atoms with E-state index in [1.165, 1.54) is 6.07 Å². The van der Waals surface area contributed by atoms with Crippen molar-refractivity contribution in [2.45, 2.75) is 11.8 Å². The smallest absolute Gasteiger partial charge is 0.163 e. The van der Waals surface area contributed by atoms with Crippen molar-refractivity contribution in [3.05, 3.63) is 67.6 Å². The molecule has 0 fully saturated rings. The lowest BCUT2D eigenvalue weighted by Crippen LogP contribution is -2.00. The molecule has 2 aromatic rings. The van der Waals surface area contributed by atoms with Crippen LogP contribution in [0.1, 0.15) is 21.5 Å². The van der Waals surface area contributed by atoms with Gasteiger partial charge < -0.3 is 0 Å². The fraction of sp³-hybridized carbons (Fsp3) is 0.143. The molecule has 0 aromatic heterocycles. The third-order valence-electron chi connectivity index (χ3n) is 2.81. The van der Waals surface area contributed by atoms with Crippen molar-refractivity contribution in [3.8, 4) is 0 Å². The zero-order chi connectivity index (χ0) is 14.2. The maximum absolute atomic E-state index is 13.8. The summed E-state index contributed by atoms with van der Waals surface area (Å²) in [5.41, 5.74) is 2.17. The van der Waals surface area contributed by atoms with Gasteiger partial charge in [-0.15, -0.1) is 0 Å². The van der Waals surface area contributed by atoms with Gasteiger partial charge in [0.15, 0.2) is 11.6 Å². The largest absolute Gasteiger partial charge is 0.204 e. The summed E-state index contributed by atoms with van der Waals surface area (Å²) in [4.78, 5) is -0.422. The molecule has 0 N–H and O–H groups in total. The number of halogens is 5. The first-order chi connectivity index (χ1) is 8.91. The minimum Gasteiger partial charge on any atom is -0.204 e. The van der Waals surface area contributed by atoms with E-state index in [4.69, 9.17) is 0 Å². The molecule has 0 nitrogen and oxygen atoms in total. The van der Waals surface area contributed by atoms with Crippen LogP contribution in [-0.4, -0.2) is 0 Å². The normalized spacial score (nSPS) is 12.5. The number of rotatable bonds is 2. The summed E-state index contributed by atoms with van der Waals surface area (Å²) < 4.78 is 28.9. The van der Waals surface area contributed by atoms with Gasteiger partial charge in [-0.3, -0.25) is 0 Å². The van der Waals surface area contributed by atoms with Gasteiger partial charge in [0.1, 0.15) is 0 Å². The molecule has 0 heterocycles. The molecule has 1 unspecified atom stereocenters. The summed E-state index contributed by atoms with van der Waals surface area (Å²) in [7, 11) is 0. The van der Waals surface area contributed by atoms with Crippen molar-refractivity contribution in [2.24, 2.45) is 0 Å². The van der Waals surface area contributed by atoms with Crippen molar-refractivity contribution >= 4 is 47.8 Å². The summed E-state index contributed by atoms with van der Waals surface area (Å²) >= 11 is 10.3. The van der Waals surface area contributed by atoms with Crippen molar-refractivity contribution in [3.63, 3.8) is 0 Å². The van der Waals surface area contributed by atoms with Gasteiger partial charge >= 0.3 is 0 Å². The minimum atomic E-state index is -0.843. The molecular weight excluding hydrogens is 446 g/mol. The van der Waals surface area contributed by atoms with E-state index in [1.807, 2.05) is 19.1 Å². The Labute approximate surface area is 135 Å². The van der Waals surface area contributed by atoms with Crippen molar-refractivity contribution in [1.29, 1.82) is 0 Å². The third-order valence-corrected chi connectivity index (χ3v) is 5.33. The van der Waals surface area contributed by atoms with Crippen LogP contribution in [-0.2, 0) is 0 Å². The van der Waals surface area contributed by atoms with Gasteiger partial charge in [-0.1, -0.05) is 59.9 Å². The summed E-state index contributed by atoms with van der Waals surface area (Å²) in [6.45, 7) is 1.96. The van der Waals surface area contributed by atoms with Gasteiger partial charge in [0, 0.05) is 14.5 Å². The number of hydrogen-bond donors (Lipinski definition) is 0. The predicted octanol–water partition coefficient (Wildman–Crippen LogP) is 6.28. The maximum atomic E-state index is 13.8. The van der Waals surface area contributed by atoms with Gasteiger partial charge in [0.2, 0.25) is 0 Å². The highest BCUT2D eigenvalue weighted by molar-refractivity contribution is 9.11. The molecule has 1 atom stereocenters. The first-order valence-corrected chi connectivity index (χ1v) is 7.95. The van der Waals surface area contributed by atoms with E-state index in [1.54, 1.807) is 6.07 Å². The van der Waals surface area contributed by atoms with Gasteiger partial charge in [0.25, 0.3) is 0 Å². The number of alkyl halides is 1. The van der Waals surface area contributed by atoms with E-state index in [0.717, 1.165) is 26.1 Å². The molecule has 100 valence electrons. The number of aryl methyl sites for hydroxylation is 1. The fourth-order valence-electron chi connectivity index (χ4n) is 1.74. The molecule has 0 radical (unpaired) electrons. The fourth-order valence-corrected chi connectivity index (χ4v) is 3.83. The Bertz CT molecular complexity index is 626. The molecule has 0 aliphatic heterocycles. The minimum absolute atomic E-state index is 0.274. The average Bonchev–Trinajstić information content (AvgIpc) is 2.36. The first kappa shape index (κ1) is 15.1. The molecule has 0 aliphatic rings. The van der Waals surface area contributed by atoms with Crippen LogP contribution in [0, 0.1) is 18.6 Å². The quantitative estimate of drug-likeness (QED) is 0.468. The summed E-state index contributed by atoms with van der Waals surface area (Å²) in [5, 5.41) is 0. The van der Waals surface area contributed by atoms with Crippen molar-refractivity contribution < 1.29 is 8.78 Å². The molecule has 19 heavy (non-hydrogen) atoms. The standard InChI is InChI=1S/C14H9Br3F2/c1-7-5-11(16)9(6-10(7)15)13(17)8-3-2-4-12(18)14(8)19/h2-6,13H,1H3. The third kappa shape index (κ3) is 3.09. The highest BCUT2D eigenvalue weighted by Crippen LogP contribution is 2.39. The van der Waals surface area contributed by atoms with Crippen LogP contribution in [0.4, 0.5) is 8.78 Å². The average molecular weight is 455 g/mol. The summed E-state index contributed by atoms with van der Waals surface area (Å²) in [5.74, 6) is -1.67. The van der Waals surface area contributed by atoms with E-state index in [2.05, 4.69) is 47.8 Å². The van der Waals surface area contributed by atoms with Crippen molar-refractivity contribution in [2.75, 3.05) is 0 Å². The van der Waals surface area contributed by atoms with Gasteiger partial charge in [-0.2, -0.15) is 0 Å². The lowest BCUT2D eigenvalue weighted by atomic mass is 10.0. The predicted molar refractivity (Wildman–Crippen MR) is 83.7 cm³/mol. The Balaban J connectivity index is 2.53. The van der Waals surface area contributed by atoms with Crippen LogP contribution in [0.25, 0.3) is 0 Å². The molecule has 2 aromatic carbocycles. The van der Waals surface area contributed by atoms with E-state index in [9.17, 15) is 8.78 Å². The maximum Gasteiger partial charge on any atom is 0.163 e. The van der Waals surface area contributed by atoms with Gasteiger partial charge in [-0.25, -0.2) is 8.78 Å². The van der Waals surface area contributed by atoms with E-state index in [0.29, 0.717) is 0 Å².